The van der Waals surface area contributed by atoms with Gasteiger partial charge in [0.25, 0.3) is 0 Å². The second-order valence-electron chi connectivity index (χ2n) is 4.10. The summed E-state index contributed by atoms with van der Waals surface area (Å²) in [6.45, 7) is 0.952. The highest BCUT2D eigenvalue weighted by Gasteiger charge is 2.29. The molecule has 0 radical (unpaired) electrons. The molecule has 2 rings (SSSR count). The third-order valence-corrected chi connectivity index (χ3v) is 3.50. The smallest absolute Gasteiger partial charge is 0.0556 e. The summed E-state index contributed by atoms with van der Waals surface area (Å²) in [7, 11) is 0. The molecule has 0 bridgehead atoms. The van der Waals surface area contributed by atoms with Gasteiger partial charge in [-0.3, -0.25) is 0 Å². The van der Waals surface area contributed by atoms with Crippen LogP contribution >= 0.6 is 15.9 Å². The first-order chi connectivity index (χ1) is 7.29. The minimum atomic E-state index is 0.234. The van der Waals surface area contributed by atoms with Crippen LogP contribution in [-0.4, -0.2) is 24.3 Å². The first-order valence-electron chi connectivity index (χ1n) is 5.39. The second kappa shape index (κ2) is 5.10. The van der Waals surface area contributed by atoms with Gasteiger partial charge in [0.1, 0.15) is 0 Å². The van der Waals surface area contributed by atoms with Gasteiger partial charge in [0.15, 0.2) is 0 Å². The Kier molecular flexibility index (Phi) is 3.78. The zero-order valence-corrected chi connectivity index (χ0v) is 10.2. The number of nitrogens with one attached hydrogen (secondary N) is 1. The van der Waals surface area contributed by atoms with Crippen LogP contribution in [0.5, 0.6) is 0 Å². The average Bonchev–Trinajstić information content (AvgIpc) is 2.16. The van der Waals surface area contributed by atoms with E-state index in [0.29, 0.717) is 12.0 Å². The van der Waals surface area contributed by atoms with Gasteiger partial charge in [-0.05, 0) is 36.5 Å². The van der Waals surface area contributed by atoms with Gasteiger partial charge in [-0.2, -0.15) is 0 Å². The van der Waals surface area contributed by atoms with E-state index in [1.165, 1.54) is 18.4 Å². The fraction of sp³-hybridized carbons (Fsp3) is 0.500. The van der Waals surface area contributed by atoms with Crippen LogP contribution in [-0.2, 0) is 0 Å². The normalized spacial score (nSPS) is 24.9. The van der Waals surface area contributed by atoms with E-state index in [1.807, 2.05) is 0 Å². The Balaban J connectivity index is 1.84. The lowest BCUT2D eigenvalue weighted by Gasteiger charge is -2.36. The maximum absolute atomic E-state index is 8.69. The van der Waals surface area contributed by atoms with E-state index in [-0.39, 0.29) is 6.61 Å². The van der Waals surface area contributed by atoms with Crippen molar-refractivity contribution in [3.63, 3.8) is 0 Å². The predicted octanol–water partition coefficient (Wildman–Crippen LogP) is 2.28. The number of aliphatic hydroxyl groups excluding tert-OH is 1. The zero-order chi connectivity index (χ0) is 10.7. The molecule has 0 unspecified atom stereocenters. The van der Waals surface area contributed by atoms with Gasteiger partial charge in [-0.1, -0.05) is 28.1 Å². The molecule has 1 aromatic carbocycles. The third kappa shape index (κ3) is 2.80. The summed E-state index contributed by atoms with van der Waals surface area (Å²) in [6.07, 6.45) is 2.38. The number of benzene rings is 1. The van der Waals surface area contributed by atoms with Crippen molar-refractivity contribution in [2.75, 3.05) is 13.2 Å². The van der Waals surface area contributed by atoms with E-state index < -0.39 is 0 Å². The number of aliphatic hydroxyl groups is 1. The zero-order valence-electron chi connectivity index (χ0n) is 8.62. The Bertz CT molecular complexity index is 323. The van der Waals surface area contributed by atoms with Crippen LogP contribution in [0.2, 0.25) is 0 Å². The van der Waals surface area contributed by atoms with Crippen molar-refractivity contribution in [2.24, 2.45) is 0 Å². The first-order valence-corrected chi connectivity index (χ1v) is 6.18. The molecule has 0 aliphatic heterocycles. The fourth-order valence-electron chi connectivity index (χ4n) is 2.09. The number of hydrogen-bond donors (Lipinski definition) is 2. The lowest BCUT2D eigenvalue weighted by Crippen LogP contribution is -2.41. The largest absolute Gasteiger partial charge is 0.395 e. The van der Waals surface area contributed by atoms with Crippen molar-refractivity contribution in [2.45, 2.75) is 24.8 Å². The minimum Gasteiger partial charge on any atom is -0.395 e. The summed E-state index contributed by atoms with van der Waals surface area (Å²) in [6, 6.07) is 9.14. The molecule has 0 amide bonds. The van der Waals surface area contributed by atoms with Crippen molar-refractivity contribution in [3.05, 3.63) is 34.3 Å². The molecule has 1 fully saturated rings. The van der Waals surface area contributed by atoms with Crippen LogP contribution in [0.25, 0.3) is 0 Å². The van der Waals surface area contributed by atoms with E-state index in [2.05, 4.69) is 45.5 Å². The standard InChI is InChI=1S/C12H16BrNO/c13-11-3-1-2-9(6-11)10-7-12(8-10)14-4-5-15/h1-3,6,10,12,14-15H,4-5,7-8H2. The highest BCUT2D eigenvalue weighted by Crippen LogP contribution is 2.37. The van der Waals surface area contributed by atoms with E-state index in [4.69, 9.17) is 5.11 Å². The summed E-state index contributed by atoms with van der Waals surface area (Å²) >= 11 is 3.49. The van der Waals surface area contributed by atoms with E-state index in [1.54, 1.807) is 0 Å². The lowest BCUT2D eigenvalue weighted by atomic mass is 9.76. The molecule has 1 aromatic rings. The van der Waals surface area contributed by atoms with Gasteiger partial charge >= 0.3 is 0 Å². The molecule has 1 saturated carbocycles. The third-order valence-electron chi connectivity index (χ3n) is 3.00. The highest BCUT2D eigenvalue weighted by atomic mass is 79.9. The topological polar surface area (TPSA) is 32.3 Å². The Morgan fingerprint density at radius 3 is 2.87 bits per heavy atom. The van der Waals surface area contributed by atoms with Crippen LogP contribution in [0.4, 0.5) is 0 Å². The summed E-state index contributed by atoms with van der Waals surface area (Å²) in [4.78, 5) is 0. The fourth-order valence-corrected chi connectivity index (χ4v) is 2.50. The average molecular weight is 270 g/mol. The summed E-state index contributed by atoms with van der Waals surface area (Å²) in [5.74, 6) is 0.693. The summed E-state index contributed by atoms with van der Waals surface area (Å²) < 4.78 is 1.16. The van der Waals surface area contributed by atoms with Gasteiger partial charge in [0, 0.05) is 17.1 Å². The van der Waals surface area contributed by atoms with Crippen LogP contribution in [0, 0.1) is 0 Å². The highest BCUT2D eigenvalue weighted by molar-refractivity contribution is 9.10. The van der Waals surface area contributed by atoms with Crippen molar-refractivity contribution >= 4 is 15.9 Å². The maximum Gasteiger partial charge on any atom is 0.0556 e. The monoisotopic (exact) mass is 269 g/mol. The molecule has 0 aromatic heterocycles. The van der Waals surface area contributed by atoms with Gasteiger partial charge < -0.3 is 10.4 Å². The van der Waals surface area contributed by atoms with Crippen LogP contribution < -0.4 is 5.32 Å². The quantitative estimate of drug-likeness (QED) is 0.879. The van der Waals surface area contributed by atoms with Gasteiger partial charge in [-0.25, -0.2) is 0 Å². The molecular weight excluding hydrogens is 254 g/mol. The van der Waals surface area contributed by atoms with Crippen molar-refractivity contribution in [1.82, 2.24) is 5.32 Å². The van der Waals surface area contributed by atoms with Crippen LogP contribution in [0.3, 0.4) is 0 Å². The van der Waals surface area contributed by atoms with Crippen LogP contribution in [0.1, 0.15) is 24.3 Å². The van der Waals surface area contributed by atoms with Gasteiger partial charge in [-0.15, -0.1) is 0 Å². The van der Waals surface area contributed by atoms with Crippen LogP contribution in [0.15, 0.2) is 28.7 Å². The lowest BCUT2D eigenvalue weighted by molar-refractivity contribution is 0.244. The molecule has 1 aliphatic rings. The molecule has 2 N–H and O–H groups in total. The second-order valence-corrected chi connectivity index (χ2v) is 5.01. The number of hydrogen-bond acceptors (Lipinski definition) is 2. The first kappa shape index (κ1) is 11.1. The molecule has 0 atom stereocenters. The predicted molar refractivity (Wildman–Crippen MR) is 65.0 cm³/mol. The molecule has 2 nitrogen and oxygen atoms in total. The SMILES string of the molecule is OCCNC1CC(c2cccc(Br)c2)C1. The van der Waals surface area contributed by atoms with Crippen molar-refractivity contribution in [3.8, 4) is 0 Å². The number of rotatable bonds is 4. The van der Waals surface area contributed by atoms with Crippen molar-refractivity contribution in [1.29, 1.82) is 0 Å². The molecule has 0 heterocycles. The summed E-state index contributed by atoms with van der Waals surface area (Å²) in [5, 5.41) is 12.0. The van der Waals surface area contributed by atoms with E-state index >= 15 is 0 Å². The van der Waals surface area contributed by atoms with Crippen molar-refractivity contribution < 1.29 is 5.11 Å². The molecular formula is C12H16BrNO. The Morgan fingerprint density at radius 2 is 2.20 bits per heavy atom. The molecule has 0 saturated heterocycles. The number of halogens is 1. The van der Waals surface area contributed by atoms with Gasteiger partial charge in [0.2, 0.25) is 0 Å². The molecule has 82 valence electrons. The molecule has 15 heavy (non-hydrogen) atoms. The Labute approximate surface area is 98.8 Å². The van der Waals surface area contributed by atoms with E-state index in [0.717, 1.165) is 11.0 Å². The van der Waals surface area contributed by atoms with E-state index in [9.17, 15) is 0 Å². The minimum absolute atomic E-state index is 0.234. The Morgan fingerprint density at radius 1 is 1.40 bits per heavy atom. The maximum atomic E-state index is 8.69. The van der Waals surface area contributed by atoms with Gasteiger partial charge in [0.05, 0.1) is 6.61 Å². The molecule has 1 aliphatic carbocycles. The Hall–Kier alpha value is -0.380. The molecule has 3 heteroatoms. The summed E-state index contributed by atoms with van der Waals surface area (Å²) in [5.41, 5.74) is 1.42. The molecule has 0 spiro atoms.